The third-order valence-corrected chi connectivity index (χ3v) is 5.55. The standard InChI is InChI=1S/C24H30N2O3/c1-16(2)13-25-23(27)22-15-26(24(28)20-8-6-5-7-17(20)3)14-21(22)18-9-11-19(29-4)12-10-18/h5-12,16,21-22H,13-15H2,1-4H3,(H,25,27)/t21-,22-/m0/s1. The number of methoxy groups -OCH3 is 1. The molecule has 1 aliphatic rings. The molecule has 0 aromatic heterocycles. The number of nitrogens with zero attached hydrogens (tertiary/aromatic N) is 1. The number of benzene rings is 2. The Balaban J connectivity index is 1.85. The molecule has 0 spiro atoms. The number of hydrogen-bond donors (Lipinski definition) is 1. The van der Waals surface area contributed by atoms with Gasteiger partial charge in [0.2, 0.25) is 5.91 Å². The number of ether oxygens (including phenoxy) is 1. The molecule has 1 fully saturated rings. The Hall–Kier alpha value is -2.82. The van der Waals surface area contributed by atoms with E-state index < -0.39 is 0 Å². The van der Waals surface area contributed by atoms with Crippen LogP contribution in [0, 0.1) is 18.8 Å². The van der Waals surface area contributed by atoms with E-state index in [1.807, 2.05) is 60.4 Å². The highest BCUT2D eigenvalue weighted by atomic mass is 16.5. The molecule has 2 atom stereocenters. The molecule has 1 aliphatic heterocycles. The summed E-state index contributed by atoms with van der Waals surface area (Å²) in [5, 5.41) is 3.06. The van der Waals surface area contributed by atoms with E-state index in [2.05, 4.69) is 19.2 Å². The van der Waals surface area contributed by atoms with Gasteiger partial charge >= 0.3 is 0 Å². The Morgan fingerprint density at radius 3 is 2.41 bits per heavy atom. The largest absolute Gasteiger partial charge is 0.497 e. The molecule has 5 heteroatoms. The Morgan fingerprint density at radius 1 is 1.10 bits per heavy atom. The molecular formula is C24H30N2O3. The summed E-state index contributed by atoms with van der Waals surface area (Å²) in [5.74, 6) is 0.849. The number of carbonyl (C=O) groups is 2. The average molecular weight is 395 g/mol. The van der Waals surface area contributed by atoms with E-state index in [1.165, 1.54) is 0 Å². The van der Waals surface area contributed by atoms with Crippen LogP contribution in [0.5, 0.6) is 5.75 Å². The molecule has 1 heterocycles. The van der Waals surface area contributed by atoms with Crippen LogP contribution >= 0.6 is 0 Å². The van der Waals surface area contributed by atoms with Gasteiger partial charge < -0.3 is 15.0 Å². The summed E-state index contributed by atoms with van der Waals surface area (Å²) < 4.78 is 5.26. The predicted molar refractivity (Wildman–Crippen MR) is 114 cm³/mol. The monoisotopic (exact) mass is 394 g/mol. The van der Waals surface area contributed by atoms with Crippen LogP contribution in [0.3, 0.4) is 0 Å². The highest BCUT2D eigenvalue weighted by molar-refractivity contribution is 5.96. The summed E-state index contributed by atoms with van der Waals surface area (Å²) in [5.41, 5.74) is 2.70. The number of amides is 2. The second-order valence-corrected chi connectivity index (χ2v) is 8.15. The van der Waals surface area contributed by atoms with Crippen LogP contribution in [0.15, 0.2) is 48.5 Å². The molecule has 0 saturated carbocycles. The van der Waals surface area contributed by atoms with E-state index in [4.69, 9.17) is 4.74 Å². The van der Waals surface area contributed by atoms with E-state index in [9.17, 15) is 9.59 Å². The summed E-state index contributed by atoms with van der Waals surface area (Å²) in [6.07, 6.45) is 0. The minimum Gasteiger partial charge on any atom is -0.497 e. The molecule has 29 heavy (non-hydrogen) atoms. The third-order valence-electron chi connectivity index (χ3n) is 5.55. The van der Waals surface area contributed by atoms with Gasteiger partial charge in [0.25, 0.3) is 5.91 Å². The van der Waals surface area contributed by atoms with Crippen molar-refractivity contribution in [3.8, 4) is 5.75 Å². The lowest BCUT2D eigenvalue weighted by molar-refractivity contribution is -0.125. The Labute approximate surface area is 173 Å². The fraction of sp³-hybridized carbons (Fsp3) is 0.417. The normalized spacial score (nSPS) is 18.7. The molecule has 1 saturated heterocycles. The van der Waals surface area contributed by atoms with Crippen LogP contribution in [-0.2, 0) is 4.79 Å². The highest BCUT2D eigenvalue weighted by Crippen LogP contribution is 2.34. The van der Waals surface area contributed by atoms with Crippen molar-refractivity contribution in [2.75, 3.05) is 26.7 Å². The number of aryl methyl sites for hydroxylation is 1. The van der Waals surface area contributed by atoms with Gasteiger partial charge in [-0.2, -0.15) is 0 Å². The summed E-state index contributed by atoms with van der Waals surface area (Å²) in [6, 6.07) is 15.4. The number of likely N-dealkylation sites (tertiary alicyclic amines) is 1. The van der Waals surface area contributed by atoms with Crippen LogP contribution in [0.1, 0.15) is 41.3 Å². The maximum absolute atomic E-state index is 13.2. The molecule has 0 bridgehead atoms. The first-order valence-corrected chi connectivity index (χ1v) is 10.2. The lowest BCUT2D eigenvalue weighted by Crippen LogP contribution is -2.37. The van der Waals surface area contributed by atoms with Crippen molar-refractivity contribution in [2.45, 2.75) is 26.7 Å². The van der Waals surface area contributed by atoms with Gasteiger partial charge in [-0.05, 0) is 42.2 Å². The van der Waals surface area contributed by atoms with Gasteiger partial charge in [-0.3, -0.25) is 9.59 Å². The Morgan fingerprint density at radius 2 is 1.79 bits per heavy atom. The van der Waals surface area contributed by atoms with Crippen LogP contribution in [0.4, 0.5) is 0 Å². The van der Waals surface area contributed by atoms with Crippen molar-refractivity contribution in [1.29, 1.82) is 0 Å². The summed E-state index contributed by atoms with van der Waals surface area (Å²) in [6.45, 7) is 7.67. The molecule has 0 unspecified atom stereocenters. The quantitative estimate of drug-likeness (QED) is 0.814. The predicted octanol–water partition coefficient (Wildman–Crippen LogP) is 3.63. The van der Waals surface area contributed by atoms with Gasteiger partial charge in [0.15, 0.2) is 0 Å². The topological polar surface area (TPSA) is 58.6 Å². The summed E-state index contributed by atoms with van der Waals surface area (Å²) >= 11 is 0. The van der Waals surface area contributed by atoms with Crippen molar-refractivity contribution in [3.63, 3.8) is 0 Å². The minimum atomic E-state index is -0.268. The Kier molecular flexibility index (Phi) is 6.57. The zero-order chi connectivity index (χ0) is 21.0. The summed E-state index contributed by atoms with van der Waals surface area (Å²) in [7, 11) is 1.63. The average Bonchev–Trinajstić information content (AvgIpc) is 3.17. The molecule has 2 amide bonds. The fourth-order valence-electron chi connectivity index (χ4n) is 3.84. The highest BCUT2D eigenvalue weighted by Gasteiger charge is 2.40. The number of carbonyl (C=O) groups excluding carboxylic acids is 2. The third kappa shape index (κ3) is 4.78. The van der Waals surface area contributed by atoms with Gasteiger partial charge in [0.05, 0.1) is 13.0 Å². The van der Waals surface area contributed by atoms with Gasteiger partial charge in [-0.25, -0.2) is 0 Å². The van der Waals surface area contributed by atoms with E-state index >= 15 is 0 Å². The molecule has 0 aliphatic carbocycles. The van der Waals surface area contributed by atoms with Crippen LogP contribution < -0.4 is 10.1 Å². The molecular weight excluding hydrogens is 364 g/mol. The first-order chi connectivity index (χ1) is 13.9. The van der Waals surface area contributed by atoms with Gasteiger partial charge in [-0.15, -0.1) is 0 Å². The van der Waals surface area contributed by atoms with E-state index in [1.54, 1.807) is 7.11 Å². The second-order valence-electron chi connectivity index (χ2n) is 8.15. The van der Waals surface area contributed by atoms with Gasteiger partial charge in [-0.1, -0.05) is 44.2 Å². The van der Waals surface area contributed by atoms with Crippen molar-refractivity contribution in [2.24, 2.45) is 11.8 Å². The van der Waals surface area contributed by atoms with Crippen molar-refractivity contribution in [1.82, 2.24) is 10.2 Å². The summed E-state index contributed by atoms with van der Waals surface area (Å²) in [4.78, 5) is 27.9. The SMILES string of the molecule is COc1ccc([C@@H]2CN(C(=O)c3ccccc3C)C[C@@H]2C(=O)NCC(C)C)cc1. The fourth-order valence-corrected chi connectivity index (χ4v) is 3.84. The zero-order valence-electron chi connectivity index (χ0n) is 17.6. The van der Waals surface area contributed by atoms with Gasteiger partial charge in [0, 0.05) is 31.1 Å². The van der Waals surface area contributed by atoms with Crippen molar-refractivity contribution < 1.29 is 14.3 Å². The lowest BCUT2D eigenvalue weighted by Gasteiger charge is -2.19. The minimum absolute atomic E-state index is 0.0132. The molecule has 154 valence electrons. The van der Waals surface area contributed by atoms with E-state index in [0.29, 0.717) is 31.1 Å². The lowest BCUT2D eigenvalue weighted by atomic mass is 9.88. The molecule has 3 rings (SSSR count). The first kappa shape index (κ1) is 20.9. The van der Waals surface area contributed by atoms with E-state index in [-0.39, 0.29) is 23.7 Å². The number of hydrogen-bond acceptors (Lipinski definition) is 3. The zero-order valence-corrected chi connectivity index (χ0v) is 17.6. The molecule has 5 nitrogen and oxygen atoms in total. The maximum Gasteiger partial charge on any atom is 0.254 e. The van der Waals surface area contributed by atoms with Crippen LogP contribution in [0.25, 0.3) is 0 Å². The molecule has 2 aromatic carbocycles. The maximum atomic E-state index is 13.2. The number of rotatable bonds is 6. The molecule has 2 aromatic rings. The van der Waals surface area contributed by atoms with Crippen LogP contribution in [0.2, 0.25) is 0 Å². The van der Waals surface area contributed by atoms with Gasteiger partial charge in [0.1, 0.15) is 5.75 Å². The van der Waals surface area contributed by atoms with E-state index in [0.717, 1.165) is 16.9 Å². The first-order valence-electron chi connectivity index (χ1n) is 10.2. The molecule has 1 N–H and O–H groups in total. The second kappa shape index (κ2) is 9.12. The van der Waals surface area contributed by atoms with Crippen molar-refractivity contribution in [3.05, 3.63) is 65.2 Å². The smallest absolute Gasteiger partial charge is 0.254 e. The van der Waals surface area contributed by atoms with Crippen molar-refractivity contribution >= 4 is 11.8 Å². The Bertz CT molecular complexity index is 861. The van der Waals surface area contributed by atoms with Crippen LogP contribution in [-0.4, -0.2) is 43.5 Å². The number of nitrogens with one attached hydrogen (secondary N) is 1. The molecule has 0 radical (unpaired) electrons.